The molecule has 1 aromatic heterocycles. The lowest BCUT2D eigenvalue weighted by atomic mass is 10.3. The third kappa shape index (κ3) is 2.16. The summed E-state index contributed by atoms with van der Waals surface area (Å²) in [5.41, 5.74) is -0.0654. The summed E-state index contributed by atoms with van der Waals surface area (Å²) in [6.45, 7) is 0. The third-order valence-corrected chi connectivity index (χ3v) is 5.03. The van der Waals surface area contributed by atoms with Gasteiger partial charge in [0.1, 0.15) is 5.15 Å². The minimum atomic E-state index is -2.49. The lowest BCUT2D eigenvalue weighted by Gasteiger charge is -2.04. The molecule has 1 heterocycles. The molecule has 6 heteroatoms. The summed E-state index contributed by atoms with van der Waals surface area (Å²) in [6, 6.07) is 0. The van der Waals surface area contributed by atoms with Crippen molar-refractivity contribution in [1.82, 2.24) is 4.98 Å². The lowest BCUT2D eigenvalue weighted by Crippen LogP contribution is -1.95. The van der Waals surface area contributed by atoms with E-state index in [4.69, 9.17) is 11.6 Å². The molecule has 0 unspecified atom stereocenters. The number of rotatable bonds is 1. The highest BCUT2D eigenvalue weighted by Crippen LogP contribution is 2.30. The summed E-state index contributed by atoms with van der Waals surface area (Å²) in [7, 11) is 0. The summed E-state index contributed by atoms with van der Waals surface area (Å²) in [5.74, 6) is 0. The highest BCUT2D eigenvalue weighted by atomic mass is 127. The smallest absolute Gasteiger partial charge is 0.243 e. The Morgan fingerprint density at radius 3 is 2.42 bits per heavy atom. The molecule has 1 rings (SSSR count). The van der Waals surface area contributed by atoms with E-state index < -0.39 is 6.43 Å². The van der Waals surface area contributed by atoms with Gasteiger partial charge >= 0.3 is 0 Å². The van der Waals surface area contributed by atoms with Crippen molar-refractivity contribution < 1.29 is 8.78 Å². The Kier molecular flexibility index (Phi) is 3.90. The number of alkyl halides is 2. The van der Waals surface area contributed by atoms with E-state index in [1.165, 1.54) is 0 Å². The third-order valence-electron chi connectivity index (χ3n) is 1.18. The van der Waals surface area contributed by atoms with Crippen molar-refractivity contribution in [3.8, 4) is 0 Å². The number of nitrogens with zero attached hydrogens (tertiary/aromatic N) is 1. The number of hydrogen-bond donors (Lipinski definition) is 0. The Bertz CT molecular complexity index is 306. The van der Waals surface area contributed by atoms with Crippen LogP contribution in [0.15, 0.2) is 6.20 Å². The van der Waals surface area contributed by atoms with Crippen LogP contribution >= 0.6 is 56.8 Å². The SMILES string of the molecule is FC(F)c1cnc(Cl)c(I)c1I. The van der Waals surface area contributed by atoms with Gasteiger partial charge in [-0.05, 0) is 45.2 Å². The van der Waals surface area contributed by atoms with E-state index in [1.807, 2.05) is 45.2 Å². The molecule has 0 aliphatic rings. The summed E-state index contributed by atoms with van der Waals surface area (Å²) in [4.78, 5) is 3.63. The van der Waals surface area contributed by atoms with Gasteiger partial charge in [0.25, 0.3) is 6.43 Å². The molecule has 0 aromatic carbocycles. The van der Waals surface area contributed by atoms with Crippen LogP contribution < -0.4 is 0 Å². The molecule has 1 aromatic rings. The Morgan fingerprint density at radius 1 is 1.33 bits per heavy atom. The van der Waals surface area contributed by atoms with Gasteiger partial charge in [0.2, 0.25) is 0 Å². The Labute approximate surface area is 100 Å². The van der Waals surface area contributed by atoms with Gasteiger partial charge in [-0.2, -0.15) is 0 Å². The van der Waals surface area contributed by atoms with Crippen molar-refractivity contribution in [2.75, 3.05) is 0 Å². The lowest BCUT2D eigenvalue weighted by molar-refractivity contribution is 0.150. The van der Waals surface area contributed by atoms with Crippen LogP contribution in [0.3, 0.4) is 0 Å². The first kappa shape index (κ1) is 10.8. The zero-order valence-corrected chi connectivity index (χ0v) is 10.6. The Morgan fingerprint density at radius 2 is 1.92 bits per heavy atom. The summed E-state index contributed by atoms with van der Waals surface area (Å²) in [5, 5.41) is 0.268. The number of pyridine rings is 1. The largest absolute Gasteiger partial charge is 0.266 e. The van der Waals surface area contributed by atoms with Gasteiger partial charge < -0.3 is 0 Å². The van der Waals surface area contributed by atoms with Gasteiger partial charge in [-0.3, -0.25) is 0 Å². The number of halogens is 5. The molecule has 0 aliphatic carbocycles. The average molecular weight is 415 g/mol. The van der Waals surface area contributed by atoms with Crippen LogP contribution in [-0.2, 0) is 0 Å². The van der Waals surface area contributed by atoms with Crippen molar-refractivity contribution in [1.29, 1.82) is 0 Å². The van der Waals surface area contributed by atoms with Crippen LogP contribution in [0.25, 0.3) is 0 Å². The van der Waals surface area contributed by atoms with E-state index in [0.29, 0.717) is 7.14 Å². The molecule has 0 fully saturated rings. The summed E-state index contributed by atoms with van der Waals surface area (Å²) >= 11 is 9.35. The minimum absolute atomic E-state index is 0.0654. The molecule has 1 nitrogen and oxygen atoms in total. The minimum Gasteiger partial charge on any atom is -0.243 e. The molecule has 0 radical (unpaired) electrons. The van der Waals surface area contributed by atoms with Crippen LogP contribution in [-0.4, -0.2) is 4.98 Å². The first-order valence-electron chi connectivity index (χ1n) is 2.81. The van der Waals surface area contributed by atoms with Crippen LogP contribution in [0, 0.1) is 7.14 Å². The molecule has 0 amide bonds. The number of hydrogen-bond acceptors (Lipinski definition) is 1. The first-order chi connectivity index (χ1) is 5.54. The molecule has 0 saturated heterocycles. The molecule has 0 spiro atoms. The van der Waals surface area contributed by atoms with E-state index in [0.717, 1.165) is 6.20 Å². The van der Waals surface area contributed by atoms with Gasteiger partial charge in [-0.1, -0.05) is 11.6 Å². The highest BCUT2D eigenvalue weighted by Gasteiger charge is 2.15. The molecular formula is C6H2ClF2I2N. The summed E-state index contributed by atoms with van der Waals surface area (Å²) < 4.78 is 25.5. The molecule has 12 heavy (non-hydrogen) atoms. The van der Waals surface area contributed by atoms with E-state index >= 15 is 0 Å². The topological polar surface area (TPSA) is 12.9 Å². The standard InChI is InChI=1S/C6H2ClF2I2N/c7-5-4(11)3(10)2(1-12-5)6(8)9/h1,6H. The van der Waals surface area contributed by atoms with Crippen LogP contribution in [0.4, 0.5) is 8.78 Å². The first-order valence-corrected chi connectivity index (χ1v) is 5.35. The maximum absolute atomic E-state index is 12.2. The fourth-order valence-corrected chi connectivity index (χ4v) is 1.99. The molecular weight excluding hydrogens is 413 g/mol. The van der Waals surface area contributed by atoms with E-state index in [-0.39, 0.29) is 10.7 Å². The van der Waals surface area contributed by atoms with Crippen molar-refractivity contribution in [3.63, 3.8) is 0 Å². The fraction of sp³-hybridized carbons (Fsp3) is 0.167. The van der Waals surface area contributed by atoms with Crippen LogP contribution in [0.5, 0.6) is 0 Å². The van der Waals surface area contributed by atoms with Gasteiger partial charge in [0, 0.05) is 9.77 Å². The molecule has 0 N–H and O–H groups in total. The predicted molar refractivity (Wildman–Crippen MR) is 59.6 cm³/mol. The molecule has 0 saturated carbocycles. The summed E-state index contributed by atoms with van der Waals surface area (Å²) in [6.07, 6.45) is -1.38. The van der Waals surface area contributed by atoms with Crippen molar-refractivity contribution >= 4 is 56.8 Å². The van der Waals surface area contributed by atoms with Crippen molar-refractivity contribution in [3.05, 3.63) is 24.1 Å². The molecule has 0 bridgehead atoms. The maximum Gasteiger partial charge on any atom is 0.266 e. The zero-order chi connectivity index (χ0) is 9.30. The zero-order valence-electron chi connectivity index (χ0n) is 5.49. The predicted octanol–water partition coefficient (Wildman–Crippen LogP) is 3.88. The van der Waals surface area contributed by atoms with Gasteiger partial charge in [-0.25, -0.2) is 13.8 Å². The quantitative estimate of drug-likeness (QED) is 0.501. The monoisotopic (exact) mass is 415 g/mol. The second-order valence-corrected chi connectivity index (χ2v) is 4.45. The normalized spacial score (nSPS) is 10.8. The fourth-order valence-electron chi connectivity index (χ4n) is 0.609. The Hall–Kier alpha value is 0.760. The second kappa shape index (κ2) is 4.32. The van der Waals surface area contributed by atoms with Gasteiger partial charge in [0.15, 0.2) is 0 Å². The van der Waals surface area contributed by atoms with E-state index in [1.54, 1.807) is 0 Å². The molecule has 0 aliphatic heterocycles. The number of aromatic nitrogens is 1. The highest BCUT2D eigenvalue weighted by molar-refractivity contribution is 14.1. The van der Waals surface area contributed by atoms with Gasteiger partial charge in [-0.15, -0.1) is 0 Å². The molecule has 0 atom stereocenters. The van der Waals surface area contributed by atoms with E-state index in [9.17, 15) is 8.78 Å². The van der Waals surface area contributed by atoms with E-state index in [2.05, 4.69) is 4.98 Å². The van der Waals surface area contributed by atoms with Crippen LogP contribution in [0.2, 0.25) is 5.15 Å². The van der Waals surface area contributed by atoms with Crippen molar-refractivity contribution in [2.24, 2.45) is 0 Å². The Balaban J connectivity index is 3.27. The van der Waals surface area contributed by atoms with Crippen molar-refractivity contribution in [2.45, 2.75) is 6.43 Å². The van der Waals surface area contributed by atoms with Gasteiger partial charge in [0.05, 0.1) is 9.13 Å². The second-order valence-electron chi connectivity index (χ2n) is 1.93. The van der Waals surface area contributed by atoms with Crippen LogP contribution in [0.1, 0.15) is 12.0 Å². The maximum atomic E-state index is 12.2. The molecule has 66 valence electrons. The average Bonchev–Trinajstić information content (AvgIpc) is 2.00.